The van der Waals surface area contributed by atoms with E-state index >= 15 is 0 Å². The van der Waals surface area contributed by atoms with Crippen molar-refractivity contribution in [3.8, 4) is 10.6 Å². The Bertz CT molecular complexity index is 675. The van der Waals surface area contributed by atoms with Crippen molar-refractivity contribution < 1.29 is 4.79 Å². The number of hydrogen-bond acceptors (Lipinski definition) is 4. The molecule has 1 amide bonds. The average Bonchev–Trinajstić information content (AvgIpc) is 3.00. The minimum atomic E-state index is -0.477. The number of nitrogens with one attached hydrogen (secondary N) is 1. The number of halogens is 1. The second-order valence-corrected chi connectivity index (χ2v) is 7.25. The summed E-state index contributed by atoms with van der Waals surface area (Å²) in [6, 6.07) is 10.0. The maximum absolute atomic E-state index is 12.7. The highest BCUT2D eigenvalue weighted by atomic mass is 35.5. The summed E-state index contributed by atoms with van der Waals surface area (Å²) in [6.45, 7) is 8.42. The van der Waals surface area contributed by atoms with Crippen molar-refractivity contribution in [2.75, 3.05) is 6.54 Å². The number of aryl methyl sites for hydroxylation is 1. The van der Waals surface area contributed by atoms with Gasteiger partial charge in [0.25, 0.3) is 0 Å². The van der Waals surface area contributed by atoms with E-state index in [1.165, 1.54) is 0 Å². The van der Waals surface area contributed by atoms with Crippen molar-refractivity contribution in [2.24, 2.45) is 11.1 Å². The zero-order valence-electron chi connectivity index (χ0n) is 15.3. The SMILES string of the molecule is CCC(CC)(CN)C(=O)NC(C)c1sc(-c2ccccc2)nc1C.Cl. The molecule has 0 aliphatic rings. The van der Waals surface area contributed by atoms with E-state index in [2.05, 4.69) is 22.4 Å². The van der Waals surface area contributed by atoms with Gasteiger partial charge in [-0.1, -0.05) is 44.2 Å². The molecule has 0 aliphatic heterocycles. The van der Waals surface area contributed by atoms with E-state index < -0.39 is 5.41 Å². The Kier molecular flexibility index (Phi) is 8.06. The Labute approximate surface area is 160 Å². The summed E-state index contributed by atoms with van der Waals surface area (Å²) in [4.78, 5) is 18.5. The summed E-state index contributed by atoms with van der Waals surface area (Å²) in [5.74, 6) is 0.0385. The number of thiazole rings is 1. The molecule has 0 radical (unpaired) electrons. The third-order valence-electron chi connectivity index (χ3n) is 4.82. The zero-order valence-corrected chi connectivity index (χ0v) is 17.0. The lowest BCUT2D eigenvalue weighted by Crippen LogP contribution is -2.46. The van der Waals surface area contributed by atoms with Gasteiger partial charge in [0.1, 0.15) is 5.01 Å². The molecule has 3 N–H and O–H groups in total. The molecule has 1 aromatic carbocycles. The first-order valence-electron chi connectivity index (χ1n) is 8.51. The van der Waals surface area contributed by atoms with E-state index in [4.69, 9.17) is 5.73 Å². The number of hydrogen-bond donors (Lipinski definition) is 2. The van der Waals surface area contributed by atoms with Crippen LogP contribution in [0.3, 0.4) is 0 Å². The topological polar surface area (TPSA) is 68.0 Å². The number of rotatable bonds is 7. The minimum Gasteiger partial charge on any atom is -0.348 e. The fourth-order valence-electron chi connectivity index (χ4n) is 2.88. The van der Waals surface area contributed by atoms with Gasteiger partial charge < -0.3 is 11.1 Å². The van der Waals surface area contributed by atoms with Crippen LogP contribution < -0.4 is 11.1 Å². The summed E-state index contributed by atoms with van der Waals surface area (Å²) in [5.41, 5.74) is 7.48. The minimum absolute atomic E-state index is 0. The van der Waals surface area contributed by atoms with Gasteiger partial charge in [0.05, 0.1) is 22.0 Å². The van der Waals surface area contributed by atoms with E-state index in [0.717, 1.165) is 34.0 Å². The van der Waals surface area contributed by atoms with Gasteiger partial charge in [-0.05, 0) is 26.7 Å². The first-order valence-corrected chi connectivity index (χ1v) is 9.32. The van der Waals surface area contributed by atoms with Crippen LogP contribution in [0.4, 0.5) is 0 Å². The molecule has 0 spiro atoms. The molecule has 1 atom stereocenters. The number of nitrogens with two attached hydrogens (primary N) is 1. The highest BCUT2D eigenvalue weighted by Crippen LogP contribution is 2.33. The number of carbonyl (C=O) groups is 1. The Morgan fingerprint density at radius 1 is 1.28 bits per heavy atom. The van der Waals surface area contributed by atoms with Crippen LogP contribution in [0.25, 0.3) is 10.6 Å². The van der Waals surface area contributed by atoms with E-state index in [1.807, 2.05) is 45.9 Å². The van der Waals surface area contributed by atoms with Gasteiger partial charge in [-0.25, -0.2) is 4.98 Å². The van der Waals surface area contributed by atoms with Crippen LogP contribution in [0.15, 0.2) is 30.3 Å². The molecule has 0 aliphatic carbocycles. The number of carbonyl (C=O) groups excluding carboxylic acids is 1. The summed E-state index contributed by atoms with van der Waals surface area (Å²) >= 11 is 1.64. The predicted molar refractivity (Wildman–Crippen MR) is 108 cm³/mol. The van der Waals surface area contributed by atoms with Crippen LogP contribution in [0.1, 0.15) is 50.2 Å². The molecule has 1 heterocycles. The van der Waals surface area contributed by atoms with Gasteiger partial charge >= 0.3 is 0 Å². The molecular weight excluding hydrogens is 354 g/mol. The van der Waals surface area contributed by atoms with Crippen LogP contribution in [-0.2, 0) is 4.79 Å². The van der Waals surface area contributed by atoms with Crippen molar-refractivity contribution >= 4 is 29.7 Å². The Balaban J connectivity index is 0.00000312. The standard InChI is InChI=1S/C19H27N3OS.ClH/c1-5-19(6-2,12-20)18(23)22-14(4)16-13(3)21-17(24-16)15-10-8-7-9-11-15;/h7-11,14H,5-6,12,20H2,1-4H3,(H,22,23);1H. The molecule has 1 aromatic heterocycles. The van der Waals surface area contributed by atoms with Crippen molar-refractivity contribution in [1.82, 2.24) is 10.3 Å². The molecule has 1 unspecified atom stereocenters. The summed E-state index contributed by atoms with van der Waals surface area (Å²) < 4.78 is 0. The fourth-order valence-corrected chi connectivity index (χ4v) is 3.96. The summed E-state index contributed by atoms with van der Waals surface area (Å²) in [6.07, 6.45) is 1.49. The van der Waals surface area contributed by atoms with Gasteiger partial charge in [-0.2, -0.15) is 0 Å². The molecule has 2 rings (SSSR count). The predicted octanol–water partition coefficient (Wildman–Crippen LogP) is 4.48. The van der Waals surface area contributed by atoms with Gasteiger partial charge in [0, 0.05) is 12.1 Å². The number of aromatic nitrogens is 1. The van der Waals surface area contributed by atoms with Crippen molar-refractivity contribution in [1.29, 1.82) is 0 Å². The maximum atomic E-state index is 12.7. The Morgan fingerprint density at radius 2 is 1.88 bits per heavy atom. The largest absolute Gasteiger partial charge is 0.348 e. The van der Waals surface area contributed by atoms with Crippen molar-refractivity contribution in [3.05, 3.63) is 40.9 Å². The second-order valence-electron chi connectivity index (χ2n) is 6.22. The molecule has 0 saturated heterocycles. The van der Waals surface area contributed by atoms with E-state index in [9.17, 15) is 4.79 Å². The monoisotopic (exact) mass is 381 g/mol. The highest BCUT2D eigenvalue weighted by Gasteiger charge is 2.34. The van der Waals surface area contributed by atoms with Crippen LogP contribution in [0.5, 0.6) is 0 Å². The molecule has 2 aromatic rings. The van der Waals surface area contributed by atoms with Gasteiger partial charge in [-0.3, -0.25) is 4.79 Å². The van der Waals surface area contributed by atoms with E-state index in [0.29, 0.717) is 6.54 Å². The molecule has 0 saturated carbocycles. The first kappa shape index (κ1) is 21.6. The highest BCUT2D eigenvalue weighted by molar-refractivity contribution is 7.15. The van der Waals surface area contributed by atoms with Gasteiger partial charge in [0.15, 0.2) is 0 Å². The first-order chi connectivity index (χ1) is 11.5. The molecule has 0 fully saturated rings. The molecule has 6 heteroatoms. The Morgan fingerprint density at radius 3 is 2.40 bits per heavy atom. The van der Waals surface area contributed by atoms with Crippen molar-refractivity contribution in [3.63, 3.8) is 0 Å². The summed E-state index contributed by atoms with van der Waals surface area (Å²) in [7, 11) is 0. The maximum Gasteiger partial charge on any atom is 0.227 e. The number of benzene rings is 1. The van der Waals surface area contributed by atoms with Crippen molar-refractivity contribution in [2.45, 2.75) is 46.6 Å². The van der Waals surface area contributed by atoms with Gasteiger partial charge in [0.2, 0.25) is 5.91 Å². The average molecular weight is 382 g/mol. The van der Waals surface area contributed by atoms with E-state index in [1.54, 1.807) is 11.3 Å². The van der Waals surface area contributed by atoms with Crippen LogP contribution >= 0.6 is 23.7 Å². The summed E-state index contributed by atoms with van der Waals surface area (Å²) in [5, 5.41) is 4.13. The number of amides is 1. The van der Waals surface area contributed by atoms with E-state index in [-0.39, 0.29) is 24.4 Å². The van der Waals surface area contributed by atoms with Crippen LogP contribution in [0, 0.1) is 12.3 Å². The smallest absolute Gasteiger partial charge is 0.227 e. The lowest BCUT2D eigenvalue weighted by atomic mass is 9.81. The lowest BCUT2D eigenvalue weighted by molar-refractivity contribution is -0.131. The third kappa shape index (κ3) is 4.60. The molecule has 4 nitrogen and oxygen atoms in total. The zero-order chi connectivity index (χ0) is 17.7. The third-order valence-corrected chi connectivity index (χ3v) is 6.21. The quantitative estimate of drug-likeness (QED) is 0.742. The Hall–Kier alpha value is -1.43. The molecular formula is C19H28ClN3OS. The normalized spacial score (nSPS) is 12.4. The number of nitrogens with zero attached hydrogens (tertiary/aromatic N) is 1. The fraction of sp³-hybridized carbons (Fsp3) is 0.474. The molecule has 25 heavy (non-hydrogen) atoms. The lowest BCUT2D eigenvalue weighted by Gasteiger charge is -2.30. The van der Waals surface area contributed by atoms with Crippen LogP contribution in [-0.4, -0.2) is 17.4 Å². The van der Waals surface area contributed by atoms with Crippen LogP contribution in [0.2, 0.25) is 0 Å². The molecule has 138 valence electrons. The van der Waals surface area contributed by atoms with Gasteiger partial charge in [-0.15, -0.1) is 23.7 Å². The second kappa shape index (κ2) is 9.32. The molecule has 0 bridgehead atoms.